The van der Waals surface area contributed by atoms with Crippen molar-refractivity contribution in [1.29, 1.82) is 0 Å². The zero-order valence-corrected chi connectivity index (χ0v) is 9.43. The molecule has 1 aromatic rings. The average molecular weight is 238 g/mol. The van der Waals surface area contributed by atoms with E-state index in [1.807, 2.05) is 0 Å². The summed E-state index contributed by atoms with van der Waals surface area (Å²) in [5.41, 5.74) is 5.76. The van der Waals surface area contributed by atoms with E-state index >= 15 is 0 Å². The van der Waals surface area contributed by atoms with Crippen molar-refractivity contribution >= 4 is 6.09 Å². The summed E-state index contributed by atoms with van der Waals surface area (Å²) in [6, 6.07) is 5.83. The third-order valence-electron chi connectivity index (χ3n) is 2.75. The van der Waals surface area contributed by atoms with Crippen LogP contribution >= 0.6 is 0 Å². The second kappa shape index (κ2) is 5.14. The maximum atomic E-state index is 13.3. The van der Waals surface area contributed by atoms with Crippen LogP contribution in [-0.4, -0.2) is 30.1 Å². The number of nitrogens with zero attached hydrogens (tertiary/aromatic N) is 1. The average Bonchev–Trinajstić information content (AvgIpc) is 2.32. The number of amides is 1. The summed E-state index contributed by atoms with van der Waals surface area (Å²) in [6.45, 7) is 1.08. The van der Waals surface area contributed by atoms with Gasteiger partial charge in [0.15, 0.2) is 11.6 Å². The molecule has 1 unspecified atom stereocenters. The topological polar surface area (TPSA) is 55.6 Å². The molecule has 0 aliphatic carbocycles. The second-order valence-corrected chi connectivity index (χ2v) is 4.15. The Hall–Kier alpha value is -1.62. The van der Waals surface area contributed by atoms with Gasteiger partial charge in [0.05, 0.1) is 0 Å². The standard InChI is InChI=1S/C12H15FN2O2/c13-10-5-1-2-6-11(10)17-12(16)15-7-3-4-9(14)8-15/h1-2,5-6,9H,3-4,7-8,14H2. The molecule has 1 fully saturated rings. The molecule has 17 heavy (non-hydrogen) atoms. The van der Waals surface area contributed by atoms with Crippen LogP contribution in [0.15, 0.2) is 24.3 Å². The smallest absolute Gasteiger partial charge is 0.407 e. The number of rotatable bonds is 1. The fraction of sp³-hybridized carbons (Fsp3) is 0.417. The highest BCUT2D eigenvalue weighted by molar-refractivity contribution is 5.70. The van der Waals surface area contributed by atoms with E-state index in [0.29, 0.717) is 13.1 Å². The molecule has 0 saturated carbocycles. The highest BCUT2D eigenvalue weighted by Crippen LogP contribution is 2.17. The second-order valence-electron chi connectivity index (χ2n) is 4.15. The lowest BCUT2D eigenvalue weighted by Crippen LogP contribution is -2.46. The highest BCUT2D eigenvalue weighted by Gasteiger charge is 2.23. The molecule has 1 atom stereocenters. The molecule has 1 amide bonds. The first-order valence-corrected chi connectivity index (χ1v) is 5.63. The molecule has 2 rings (SSSR count). The van der Waals surface area contributed by atoms with Crippen LogP contribution in [0.1, 0.15) is 12.8 Å². The van der Waals surface area contributed by atoms with Crippen LogP contribution < -0.4 is 10.5 Å². The number of piperidine rings is 1. The highest BCUT2D eigenvalue weighted by atomic mass is 19.1. The molecule has 1 saturated heterocycles. The lowest BCUT2D eigenvalue weighted by atomic mass is 10.1. The van der Waals surface area contributed by atoms with Crippen molar-refractivity contribution in [3.05, 3.63) is 30.1 Å². The van der Waals surface area contributed by atoms with Gasteiger partial charge in [-0.3, -0.25) is 0 Å². The van der Waals surface area contributed by atoms with Gasteiger partial charge in [-0.1, -0.05) is 12.1 Å². The number of nitrogens with two attached hydrogens (primary N) is 1. The van der Waals surface area contributed by atoms with Gasteiger partial charge in [-0.2, -0.15) is 0 Å². The van der Waals surface area contributed by atoms with E-state index < -0.39 is 11.9 Å². The Morgan fingerprint density at radius 1 is 1.47 bits per heavy atom. The van der Waals surface area contributed by atoms with E-state index in [9.17, 15) is 9.18 Å². The largest absolute Gasteiger partial charge is 0.415 e. The SMILES string of the molecule is NC1CCCN(C(=O)Oc2ccccc2F)C1. The lowest BCUT2D eigenvalue weighted by Gasteiger charge is -2.29. The summed E-state index contributed by atoms with van der Waals surface area (Å²) in [5.74, 6) is -0.584. The van der Waals surface area contributed by atoms with Crippen LogP contribution in [0.2, 0.25) is 0 Å². The van der Waals surface area contributed by atoms with Crippen molar-refractivity contribution in [1.82, 2.24) is 4.90 Å². The van der Waals surface area contributed by atoms with Crippen molar-refractivity contribution < 1.29 is 13.9 Å². The molecule has 1 aliphatic heterocycles. The first kappa shape index (κ1) is 11.9. The number of likely N-dealkylation sites (tertiary alicyclic amines) is 1. The van der Waals surface area contributed by atoms with Gasteiger partial charge in [0.2, 0.25) is 0 Å². The molecule has 1 aromatic carbocycles. The third kappa shape index (κ3) is 2.94. The molecule has 4 nitrogen and oxygen atoms in total. The van der Waals surface area contributed by atoms with Crippen molar-refractivity contribution in [2.24, 2.45) is 5.73 Å². The Kier molecular flexibility index (Phi) is 3.58. The molecule has 0 aromatic heterocycles. The van der Waals surface area contributed by atoms with Crippen LogP contribution in [0, 0.1) is 5.82 Å². The van der Waals surface area contributed by atoms with Crippen LogP contribution in [0.4, 0.5) is 9.18 Å². The van der Waals surface area contributed by atoms with Gasteiger partial charge in [0.1, 0.15) is 0 Å². The van der Waals surface area contributed by atoms with E-state index in [1.54, 1.807) is 12.1 Å². The summed E-state index contributed by atoms with van der Waals surface area (Å²) in [4.78, 5) is 13.3. The number of hydrogen-bond donors (Lipinski definition) is 1. The Bertz CT molecular complexity index is 411. The minimum atomic E-state index is -0.540. The summed E-state index contributed by atoms with van der Waals surface area (Å²) < 4.78 is 18.3. The molecule has 0 bridgehead atoms. The number of carbonyl (C=O) groups is 1. The minimum Gasteiger partial charge on any atom is -0.407 e. The van der Waals surface area contributed by atoms with Crippen molar-refractivity contribution in [3.63, 3.8) is 0 Å². The molecule has 1 aliphatic rings. The van der Waals surface area contributed by atoms with E-state index in [0.717, 1.165) is 12.8 Å². The predicted octanol–water partition coefficient (Wildman–Crippen LogP) is 1.75. The van der Waals surface area contributed by atoms with Crippen LogP contribution in [0.5, 0.6) is 5.75 Å². The number of carbonyl (C=O) groups excluding carboxylic acids is 1. The fourth-order valence-electron chi connectivity index (χ4n) is 1.86. The normalized spacial score (nSPS) is 20.1. The molecular formula is C12H15FN2O2. The third-order valence-corrected chi connectivity index (χ3v) is 2.75. The summed E-state index contributed by atoms with van der Waals surface area (Å²) >= 11 is 0. The monoisotopic (exact) mass is 238 g/mol. The van der Waals surface area contributed by atoms with Crippen molar-refractivity contribution in [3.8, 4) is 5.75 Å². The molecule has 92 valence electrons. The molecular weight excluding hydrogens is 223 g/mol. The maximum Gasteiger partial charge on any atom is 0.415 e. The maximum absolute atomic E-state index is 13.3. The zero-order chi connectivity index (χ0) is 12.3. The first-order valence-electron chi connectivity index (χ1n) is 5.63. The van der Waals surface area contributed by atoms with Gasteiger partial charge in [0.25, 0.3) is 0 Å². The van der Waals surface area contributed by atoms with Crippen LogP contribution in [-0.2, 0) is 0 Å². The molecule has 0 radical (unpaired) electrons. The van der Waals surface area contributed by atoms with Crippen LogP contribution in [0.3, 0.4) is 0 Å². The minimum absolute atomic E-state index is 0.0167. The van der Waals surface area contributed by atoms with Gasteiger partial charge in [0, 0.05) is 19.1 Å². The lowest BCUT2D eigenvalue weighted by molar-refractivity contribution is 0.136. The number of hydrogen-bond acceptors (Lipinski definition) is 3. The zero-order valence-electron chi connectivity index (χ0n) is 9.43. The van der Waals surface area contributed by atoms with Gasteiger partial charge < -0.3 is 15.4 Å². The summed E-state index contributed by atoms with van der Waals surface area (Å²) in [6.07, 6.45) is 1.22. The quantitative estimate of drug-likeness (QED) is 0.810. The summed E-state index contributed by atoms with van der Waals surface area (Å²) in [5, 5.41) is 0. The molecule has 0 spiro atoms. The predicted molar refractivity (Wildman–Crippen MR) is 61.2 cm³/mol. The number of para-hydroxylation sites is 1. The van der Waals surface area contributed by atoms with Gasteiger partial charge >= 0.3 is 6.09 Å². The Morgan fingerprint density at radius 3 is 2.94 bits per heavy atom. The van der Waals surface area contributed by atoms with E-state index in [2.05, 4.69) is 0 Å². The van der Waals surface area contributed by atoms with Crippen molar-refractivity contribution in [2.45, 2.75) is 18.9 Å². The molecule has 2 N–H and O–H groups in total. The van der Waals surface area contributed by atoms with Gasteiger partial charge in [-0.05, 0) is 25.0 Å². The van der Waals surface area contributed by atoms with E-state index in [4.69, 9.17) is 10.5 Å². The number of ether oxygens (including phenoxy) is 1. The molecule has 1 heterocycles. The Balaban J connectivity index is 1.99. The fourth-order valence-corrected chi connectivity index (χ4v) is 1.86. The Labute approximate surface area is 99.2 Å². The Morgan fingerprint density at radius 2 is 2.24 bits per heavy atom. The number of benzene rings is 1. The first-order chi connectivity index (χ1) is 8.16. The summed E-state index contributed by atoms with van der Waals surface area (Å²) in [7, 11) is 0. The van der Waals surface area contributed by atoms with Gasteiger partial charge in [-0.25, -0.2) is 9.18 Å². The van der Waals surface area contributed by atoms with Gasteiger partial charge in [-0.15, -0.1) is 0 Å². The molecule has 5 heteroatoms. The van der Waals surface area contributed by atoms with E-state index in [1.165, 1.54) is 17.0 Å². The van der Waals surface area contributed by atoms with Crippen LogP contribution in [0.25, 0.3) is 0 Å². The van der Waals surface area contributed by atoms with Crippen molar-refractivity contribution in [2.75, 3.05) is 13.1 Å². The van der Waals surface area contributed by atoms with E-state index in [-0.39, 0.29) is 11.8 Å². The number of halogens is 1.